The number of carbonyl (C=O) groups excluding carboxylic acids is 1. The van der Waals surface area contributed by atoms with Crippen molar-refractivity contribution in [1.29, 1.82) is 0 Å². The number of rotatable bonds is 5. The van der Waals surface area contributed by atoms with Crippen LogP contribution in [-0.4, -0.2) is 20.4 Å². The average molecular weight is 351 g/mol. The number of nitrogens with zero attached hydrogens (tertiary/aromatic N) is 2. The maximum Gasteiger partial charge on any atom is 0.295 e. The Morgan fingerprint density at radius 3 is 2.38 bits per heavy atom. The second kappa shape index (κ2) is 7.31. The van der Waals surface area contributed by atoms with Crippen molar-refractivity contribution < 1.29 is 9.90 Å². The van der Waals surface area contributed by atoms with Crippen molar-refractivity contribution in [3.8, 4) is 11.4 Å². The lowest BCUT2D eigenvalue weighted by atomic mass is 10.1. The fourth-order valence-electron chi connectivity index (χ4n) is 2.83. The topological polar surface area (TPSA) is 76.3 Å². The lowest BCUT2D eigenvalue weighted by Gasteiger charge is -2.07. The molecule has 0 saturated heterocycles. The van der Waals surface area contributed by atoms with Crippen LogP contribution in [0.25, 0.3) is 5.69 Å². The highest BCUT2D eigenvalue weighted by Crippen LogP contribution is 2.15. The molecule has 1 amide bonds. The van der Waals surface area contributed by atoms with Gasteiger partial charge in [0, 0.05) is 13.5 Å². The molecular formula is C20H21N3O3. The summed E-state index contributed by atoms with van der Waals surface area (Å²) < 4.78 is 3.26. The largest absolute Gasteiger partial charge is 0.508 e. The van der Waals surface area contributed by atoms with Gasteiger partial charge in [-0.15, -0.1) is 0 Å². The van der Waals surface area contributed by atoms with Crippen molar-refractivity contribution >= 4 is 11.6 Å². The van der Waals surface area contributed by atoms with E-state index in [9.17, 15) is 14.7 Å². The first kappa shape index (κ1) is 17.5. The summed E-state index contributed by atoms with van der Waals surface area (Å²) in [4.78, 5) is 25.1. The molecule has 6 nitrogen and oxygen atoms in total. The first-order chi connectivity index (χ1) is 12.5. The fourth-order valence-corrected chi connectivity index (χ4v) is 2.83. The lowest BCUT2D eigenvalue weighted by molar-refractivity contribution is -0.116. The number of nitrogens with one attached hydrogen (secondary N) is 1. The quantitative estimate of drug-likeness (QED) is 0.742. The minimum atomic E-state index is -0.255. The van der Waals surface area contributed by atoms with Crippen molar-refractivity contribution in [3.63, 3.8) is 0 Å². The van der Waals surface area contributed by atoms with E-state index in [-0.39, 0.29) is 23.6 Å². The molecule has 0 fully saturated rings. The molecule has 26 heavy (non-hydrogen) atoms. The molecule has 134 valence electrons. The minimum absolute atomic E-state index is 0.194. The van der Waals surface area contributed by atoms with Gasteiger partial charge in [-0.1, -0.05) is 30.3 Å². The van der Waals surface area contributed by atoms with Gasteiger partial charge >= 0.3 is 0 Å². The number of phenols is 1. The van der Waals surface area contributed by atoms with Gasteiger partial charge in [0.2, 0.25) is 5.91 Å². The Morgan fingerprint density at radius 2 is 1.73 bits per heavy atom. The maximum absolute atomic E-state index is 12.8. The van der Waals surface area contributed by atoms with Crippen LogP contribution in [0.2, 0.25) is 0 Å². The molecule has 0 aliphatic rings. The number of hydrogen-bond donors (Lipinski definition) is 2. The van der Waals surface area contributed by atoms with Crippen LogP contribution in [-0.2, 0) is 18.3 Å². The zero-order valence-corrected chi connectivity index (χ0v) is 14.8. The van der Waals surface area contributed by atoms with E-state index in [0.717, 1.165) is 11.3 Å². The number of carbonyl (C=O) groups is 1. The third-order valence-corrected chi connectivity index (χ3v) is 4.40. The van der Waals surface area contributed by atoms with Crippen LogP contribution < -0.4 is 10.9 Å². The van der Waals surface area contributed by atoms with Crippen LogP contribution in [0.1, 0.15) is 17.7 Å². The predicted octanol–water partition coefficient (Wildman–Crippen LogP) is 2.76. The molecule has 0 saturated carbocycles. The number of aromatic nitrogens is 2. The summed E-state index contributed by atoms with van der Waals surface area (Å²) in [6.45, 7) is 1.80. The Morgan fingerprint density at radius 1 is 1.08 bits per heavy atom. The minimum Gasteiger partial charge on any atom is -0.508 e. The first-order valence-corrected chi connectivity index (χ1v) is 8.39. The summed E-state index contributed by atoms with van der Waals surface area (Å²) in [7, 11) is 1.79. The van der Waals surface area contributed by atoms with Gasteiger partial charge in [0.15, 0.2) is 0 Å². The van der Waals surface area contributed by atoms with Gasteiger partial charge in [0.05, 0.1) is 11.4 Å². The summed E-state index contributed by atoms with van der Waals surface area (Å²) in [5.74, 6) is -0.0244. The van der Waals surface area contributed by atoms with Gasteiger partial charge in [0.1, 0.15) is 11.4 Å². The number of hydrogen-bond acceptors (Lipinski definition) is 3. The fraction of sp³-hybridized carbons (Fsp3) is 0.200. The summed E-state index contributed by atoms with van der Waals surface area (Å²) in [5.41, 5.74) is 2.43. The average Bonchev–Trinajstić information content (AvgIpc) is 2.85. The Hall–Kier alpha value is -3.28. The monoisotopic (exact) mass is 351 g/mol. The summed E-state index contributed by atoms with van der Waals surface area (Å²) in [5, 5.41) is 12.0. The van der Waals surface area contributed by atoms with Gasteiger partial charge in [0.25, 0.3) is 5.56 Å². The maximum atomic E-state index is 12.8. The van der Waals surface area contributed by atoms with Crippen LogP contribution in [0.15, 0.2) is 59.4 Å². The molecule has 0 aliphatic carbocycles. The highest BCUT2D eigenvalue weighted by molar-refractivity contribution is 5.91. The number of aromatic hydroxyl groups is 1. The van der Waals surface area contributed by atoms with Gasteiger partial charge in [-0.05, 0) is 43.2 Å². The Kier molecular flexibility index (Phi) is 4.93. The van der Waals surface area contributed by atoms with Crippen molar-refractivity contribution in [2.75, 3.05) is 5.32 Å². The molecule has 2 N–H and O–H groups in total. The van der Waals surface area contributed by atoms with E-state index >= 15 is 0 Å². The van der Waals surface area contributed by atoms with Crippen LogP contribution in [0.4, 0.5) is 5.69 Å². The Balaban J connectivity index is 1.76. The van der Waals surface area contributed by atoms with E-state index < -0.39 is 0 Å². The van der Waals surface area contributed by atoms with Gasteiger partial charge < -0.3 is 10.4 Å². The smallest absolute Gasteiger partial charge is 0.295 e. The van der Waals surface area contributed by atoms with Gasteiger partial charge in [-0.25, -0.2) is 4.68 Å². The zero-order chi connectivity index (χ0) is 18.7. The molecule has 0 bridgehead atoms. The SMILES string of the molecule is Cc1c(NC(=O)CCc2ccc(O)cc2)c(=O)n(-c2ccccc2)n1C. The third kappa shape index (κ3) is 3.54. The molecule has 0 spiro atoms. The standard InChI is InChI=1S/C20H21N3O3/c1-14-19(20(26)23(22(14)2)16-6-4-3-5-7-16)21-18(25)13-10-15-8-11-17(24)12-9-15/h3-9,11-12,24H,10,13H2,1-2H3,(H,21,25). The zero-order valence-electron chi connectivity index (χ0n) is 14.8. The number of benzene rings is 2. The lowest BCUT2D eigenvalue weighted by Crippen LogP contribution is -2.23. The highest BCUT2D eigenvalue weighted by atomic mass is 16.3. The summed E-state index contributed by atoms with van der Waals surface area (Å²) >= 11 is 0. The molecule has 3 rings (SSSR count). The summed E-state index contributed by atoms with van der Waals surface area (Å²) in [6, 6.07) is 16.0. The van der Waals surface area contributed by atoms with Crippen molar-refractivity contribution in [2.24, 2.45) is 7.05 Å². The Bertz CT molecular complexity index is 970. The normalized spacial score (nSPS) is 10.7. The number of anilines is 1. The van der Waals surface area contributed by atoms with Crippen LogP contribution >= 0.6 is 0 Å². The Labute approximate surface area is 151 Å². The molecule has 1 heterocycles. The molecule has 3 aromatic rings. The van der Waals surface area contributed by atoms with E-state index in [1.807, 2.05) is 30.3 Å². The number of aryl methyl sites for hydroxylation is 1. The number of phenolic OH excluding ortho intramolecular Hbond substituents is 1. The molecule has 0 aliphatic heterocycles. The third-order valence-electron chi connectivity index (χ3n) is 4.40. The summed E-state index contributed by atoms with van der Waals surface area (Å²) in [6.07, 6.45) is 0.786. The highest BCUT2D eigenvalue weighted by Gasteiger charge is 2.17. The van der Waals surface area contributed by atoms with Crippen LogP contribution in [0, 0.1) is 6.92 Å². The second-order valence-corrected chi connectivity index (χ2v) is 6.15. The molecule has 0 unspecified atom stereocenters. The van der Waals surface area contributed by atoms with Gasteiger partial charge in [-0.2, -0.15) is 0 Å². The molecule has 0 atom stereocenters. The molecule has 2 aromatic carbocycles. The van der Waals surface area contributed by atoms with Crippen LogP contribution in [0.5, 0.6) is 5.75 Å². The predicted molar refractivity (Wildman–Crippen MR) is 101 cm³/mol. The number of amides is 1. The van der Waals surface area contributed by atoms with Crippen molar-refractivity contribution in [1.82, 2.24) is 9.36 Å². The van der Waals surface area contributed by atoms with E-state index in [0.29, 0.717) is 17.8 Å². The van der Waals surface area contributed by atoms with E-state index in [1.54, 1.807) is 42.9 Å². The first-order valence-electron chi connectivity index (χ1n) is 8.39. The van der Waals surface area contributed by atoms with Crippen LogP contribution in [0.3, 0.4) is 0 Å². The molecule has 1 aromatic heterocycles. The van der Waals surface area contributed by atoms with E-state index in [1.165, 1.54) is 4.68 Å². The molecule has 0 radical (unpaired) electrons. The van der Waals surface area contributed by atoms with E-state index in [4.69, 9.17) is 0 Å². The number of para-hydroxylation sites is 1. The van der Waals surface area contributed by atoms with Crippen molar-refractivity contribution in [3.05, 3.63) is 76.2 Å². The van der Waals surface area contributed by atoms with Crippen molar-refractivity contribution in [2.45, 2.75) is 19.8 Å². The molecular weight excluding hydrogens is 330 g/mol. The second-order valence-electron chi connectivity index (χ2n) is 6.15. The molecule has 6 heteroatoms. The van der Waals surface area contributed by atoms with E-state index in [2.05, 4.69) is 5.32 Å². The van der Waals surface area contributed by atoms with Gasteiger partial charge in [-0.3, -0.25) is 14.3 Å².